The molecule has 0 unspecified atom stereocenters. The molecule has 1 aliphatic heterocycles. The average molecular weight is 565 g/mol. The van der Waals surface area contributed by atoms with Crippen LogP contribution in [0.15, 0.2) is 32.0 Å². The largest absolute Gasteiger partial charge is 0.488 e. The van der Waals surface area contributed by atoms with Crippen molar-refractivity contribution in [1.82, 2.24) is 4.90 Å². The Morgan fingerprint density at radius 1 is 1.31 bits per heavy atom. The van der Waals surface area contributed by atoms with Crippen molar-refractivity contribution in [3.63, 3.8) is 0 Å². The molecule has 1 fully saturated rings. The molecule has 5 nitrogen and oxygen atoms in total. The number of sulfonamides is 1. The average Bonchev–Trinajstić information content (AvgIpc) is 3.05. The Kier molecular flexibility index (Phi) is 6.48. The van der Waals surface area contributed by atoms with Crippen LogP contribution in [0, 0.1) is 0 Å². The molecule has 3 rings (SSSR count). The maximum Gasteiger partial charge on any atom is 0.265 e. The number of halogens is 4. The molecule has 0 amide bonds. The van der Waals surface area contributed by atoms with E-state index in [2.05, 4.69) is 41.5 Å². The van der Waals surface area contributed by atoms with Crippen LogP contribution in [0.25, 0.3) is 0 Å². The Labute approximate surface area is 182 Å². The topological polar surface area (TPSA) is 58.6 Å². The van der Waals surface area contributed by atoms with Crippen LogP contribution in [0.5, 0.6) is 5.75 Å². The van der Waals surface area contributed by atoms with Gasteiger partial charge in [-0.2, -0.15) is 0 Å². The third-order valence-electron chi connectivity index (χ3n) is 3.82. The summed E-state index contributed by atoms with van der Waals surface area (Å²) in [5, 5.41) is 0. The van der Waals surface area contributed by atoms with E-state index in [1.54, 1.807) is 18.2 Å². The zero-order chi connectivity index (χ0) is 19.1. The number of benzene rings is 1. The Hall–Kier alpha value is -0.0300. The van der Waals surface area contributed by atoms with Crippen LogP contribution in [0.4, 0.5) is 5.69 Å². The fraction of sp³-hybridized carbons (Fsp3) is 0.333. The normalized spacial score (nSPS) is 18.3. The van der Waals surface area contributed by atoms with Crippen LogP contribution >= 0.6 is 66.4 Å². The van der Waals surface area contributed by atoms with Gasteiger partial charge in [-0.05, 0) is 57.5 Å². The lowest BCUT2D eigenvalue weighted by molar-refractivity contribution is 0.207. The van der Waals surface area contributed by atoms with Gasteiger partial charge in [0.25, 0.3) is 10.0 Å². The lowest BCUT2D eigenvalue weighted by Gasteiger charge is -2.16. The van der Waals surface area contributed by atoms with Crippen LogP contribution in [0.3, 0.4) is 0 Å². The molecule has 0 radical (unpaired) electrons. The van der Waals surface area contributed by atoms with Crippen LogP contribution in [-0.4, -0.2) is 39.6 Å². The van der Waals surface area contributed by atoms with E-state index in [-0.39, 0.29) is 24.1 Å². The molecular formula is C15H14Br2Cl2N2O3S2. The van der Waals surface area contributed by atoms with Crippen molar-refractivity contribution in [3.8, 4) is 5.75 Å². The summed E-state index contributed by atoms with van der Waals surface area (Å²) in [5.41, 5.74) is 0.375. The molecule has 1 atom stereocenters. The fourth-order valence-electron chi connectivity index (χ4n) is 2.60. The molecule has 11 heteroatoms. The highest BCUT2D eigenvalue weighted by atomic mass is 79.9. The second kappa shape index (κ2) is 8.14. The molecule has 1 aromatic heterocycles. The maximum absolute atomic E-state index is 12.7. The predicted octanol–water partition coefficient (Wildman–Crippen LogP) is 5.46. The van der Waals surface area contributed by atoms with E-state index in [0.717, 1.165) is 35.3 Å². The van der Waals surface area contributed by atoms with Gasteiger partial charge in [-0.15, -0.1) is 11.3 Å². The van der Waals surface area contributed by atoms with Gasteiger partial charge < -0.3 is 9.64 Å². The lowest BCUT2D eigenvalue weighted by atomic mass is 10.3. The Morgan fingerprint density at radius 3 is 2.62 bits per heavy atom. The molecule has 1 N–H and O–H groups in total. The van der Waals surface area contributed by atoms with E-state index in [4.69, 9.17) is 27.9 Å². The number of nitrogens with zero attached hydrogens (tertiary/aromatic N) is 1. The van der Waals surface area contributed by atoms with Gasteiger partial charge in [0.2, 0.25) is 0 Å². The summed E-state index contributed by atoms with van der Waals surface area (Å²) < 4.78 is 35.3. The van der Waals surface area contributed by atoms with E-state index >= 15 is 0 Å². The first-order chi connectivity index (χ1) is 12.2. The highest BCUT2D eigenvalue weighted by Gasteiger charge is 2.27. The van der Waals surface area contributed by atoms with Gasteiger partial charge in [0.05, 0.1) is 14.6 Å². The third-order valence-corrected chi connectivity index (χ3v) is 9.32. The minimum absolute atomic E-state index is 0.0717. The molecule has 0 spiro atoms. The number of hydrogen-bond donors (Lipinski definition) is 1. The first kappa shape index (κ1) is 20.7. The number of hydrogen-bond acceptors (Lipinski definition) is 5. The van der Waals surface area contributed by atoms with E-state index in [1.165, 1.54) is 0 Å². The molecule has 0 bridgehead atoms. The molecule has 1 aliphatic rings. The first-order valence-corrected chi connectivity index (χ1v) is 12.1. The van der Waals surface area contributed by atoms with Crippen molar-refractivity contribution in [1.29, 1.82) is 0 Å². The fourth-order valence-corrected chi connectivity index (χ4v) is 7.55. The SMILES string of the molecule is CN1CC[C@@H](Oc2cc(NS(=O)(=O)c3c(Cl)sc(Cl)c3Br)ccc2Br)C1. The van der Waals surface area contributed by atoms with E-state index in [9.17, 15) is 8.42 Å². The highest BCUT2D eigenvalue weighted by molar-refractivity contribution is 9.11. The molecule has 2 aromatic rings. The van der Waals surface area contributed by atoms with Gasteiger partial charge in [0.15, 0.2) is 0 Å². The zero-order valence-corrected chi connectivity index (χ0v) is 19.7. The summed E-state index contributed by atoms with van der Waals surface area (Å²) in [7, 11) is -1.86. The van der Waals surface area contributed by atoms with Crippen molar-refractivity contribution in [2.75, 3.05) is 24.9 Å². The Bertz CT molecular complexity index is 937. The third kappa shape index (κ3) is 4.51. The van der Waals surface area contributed by atoms with Crippen LogP contribution in [0.1, 0.15) is 6.42 Å². The summed E-state index contributed by atoms with van der Waals surface area (Å²) >= 11 is 19.6. The minimum Gasteiger partial charge on any atom is -0.488 e. The van der Waals surface area contributed by atoms with Crippen molar-refractivity contribution in [3.05, 3.63) is 35.8 Å². The van der Waals surface area contributed by atoms with Gasteiger partial charge in [0.1, 0.15) is 25.4 Å². The second-order valence-electron chi connectivity index (χ2n) is 5.83. The van der Waals surface area contributed by atoms with Gasteiger partial charge >= 0.3 is 0 Å². The van der Waals surface area contributed by atoms with Gasteiger partial charge in [0, 0.05) is 19.2 Å². The maximum atomic E-state index is 12.7. The highest BCUT2D eigenvalue weighted by Crippen LogP contribution is 2.43. The van der Waals surface area contributed by atoms with Crippen LogP contribution in [-0.2, 0) is 10.0 Å². The number of nitrogens with one attached hydrogen (secondary N) is 1. The molecule has 1 saturated heterocycles. The monoisotopic (exact) mass is 562 g/mol. The van der Waals surface area contributed by atoms with Crippen molar-refractivity contribution < 1.29 is 13.2 Å². The zero-order valence-electron chi connectivity index (χ0n) is 13.4. The number of ether oxygens (including phenoxy) is 1. The smallest absolute Gasteiger partial charge is 0.265 e. The summed E-state index contributed by atoms with van der Waals surface area (Å²) in [5.74, 6) is 0.582. The summed E-state index contributed by atoms with van der Waals surface area (Å²) in [6.45, 7) is 1.80. The van der Waals surface area contributed by atoms with Gasteiger partial charge in [-0.3, -0.25) is 4.72 Å². The van der Waals surface area contributed by atoms with E-state index < -0.39 is 10.0 Å². The van der Waals surface area contributed by atoms with Gasteiger partial charge in [-0.1, -0.05) is 23.2 Å². The predicted molar refractivity (Wildman–Crippen MR) is 114 cm³/mol. The molecule has 0 aliphatic carbocycles. The number of anilines is 1. The first-order valence-electron chi connectivity index (χ1n) is 7.48. The summed E-state index contributed by atoms with van der Waals surface area (Å²) in [4.78, 5) is 2.11. The molecule has 2 heterocycles. The summed E-state index contributed by atoms with van der Waals surface area (Å²) in [6, 6.07) is 5.03. The molecule has 1 aromatic carbocycles. The van der Waals surface area contributed by atoms with Crippen molar-refractivity contribution >= 4 is 82.1 Å². The molecule has 142 valence electrons. The van der Waals surface area contributed by atoms with Crippen LogP contribution in [0.2, 0.25) is 8.67 Å². The lowest BCUT2D eigenvalue weighted by Crippen LogP contribution is -2.21. The van der Waals surface area contributed by atoms with Crippen molar-refractivity contribution in [2.24, 2.45) is 0 Å². The number of likely N-dealkylation sites (N-methyl/N-ethyl adjacent to an activating group) is 1. The van der Waals surface area contributed by atoms with Gasteiger partial charge in [-0.25, -0.2) is 8.42 Å². The minimum atomic E-state index is -3.90. The second-order valence-corrected chi connectivity index (χ2v) is 11.3. The number of likely N-dealkylation sites (tertiary alicyclic amines) is 1. The quantitative estimate of drug-likeness (QED) is 0.524. The van der Waals surface area contributed by atoms with Crippen molar-refractivity contribution in [2.45, 2.75) is 17.4 Å². The van der Waals surface area contributed by atoms with E-state index in [0.29, 0.717) is 11.4 Å². The number of rotatable bonds is 5. The summed E-state index contributed by atoms with van der Waals surface area (Å²) in [6.07, 6.45) is 0.997. The number of thiophene rings is 1. The standard InChI is InChI=1S/C15H14Br2Cl2N2O3S2/c1-21-5-4-9(7-21)24-11-6-8(2-3-10(11)16)20-26(22,23)13-12(17)14(18)25-15(13)19/h2-3,6,9,20H,4-5,7H2,1H3/t9-/m1/s1. The molecule has 0 saturated carbocycles. The molecular weight excluding hydrogens is 551 g/mol. The van der Waals surface area contributed by atoms with Crippen LogP contribution < -0.4 is 9.46 Å². The van der Waals surface area contributed by atoms with E-state index in [1.807, 2.05) is 7.05 Å². The Morgan fingerprint density at radius 2 is 2.04 bits per heavy atom. The molecule has 26 heavy (non-hydrogen) atoms. The Balaban J connectivity index is 1.84.